The van der Waals surface area contributed by atoms with Gasteiger partial charge >= 0.3 is 0 Å². The maximum absolute atomic E-state index is 9.46. The summed E-state index contributed by atoms with van der Waals surface area (Å²) in [6, 6.07) is 7.20. The van der Waals surface area contributed by atoms with Crippen LogP contribution >= 0.6 is 0 Å². The van der Waals surface area contributed by atoms with Gasteiger partial charge in [-0.1, -0.05) is 6.07 Å². The molecule has 2 saturated heterocycles. The minimum atomic E-state index is 0.301. The minimum Gasteiger partial charge on any atom is -0.395 e. The lowest BCUT2D eigenvalue weighted by molar-refractivity contribution is 0.153. The highest BCUT2D eigenvalue weighted by Crippen LogP contribution is 2.27. The summed E-state index contributed by atoms with van der Waals surface area (Å²) < 4.78 is 0. The summed E-state index contributed by atoms with van der Waals surface area (Å²) in [5.74, 6) is 1.12. The average molecular weight is 275 g/mol. The molecule has 2 aliphatic heterocycles. The SMILES string of the molecule is Cc1cccc(N2CCC[C@H]2CN2CCC[C@@H]2CO)n1. The van der Waals surface area contributed by atoms with Gasteiger partial charge in [0.05, 0.1) is 6.61 Å². The average Bonchev–Trinajstić information content (AvgIpc) is 3.08. The van der Waals surface area contributed by atoms with Crippen LogP contribution in [0.15, 0.2) is 18.2 Å². The molecule has 20 heavy (non-hydrogen) atoms. The van der Waals surface area contributed by atoms with Crippen molar-refractivity contribution in [2.75, 3.05) is 31.1 Å². The van der Waals surface area contributed by atoms with Crippen molar-refractivity contribution < 1.29 is 5.11 Å². The zero-order chi connectivity index (χ0) is 13.9. The normalized spacial score (nSPS) is 27.4. The van der Waals surface area contributed by atoms with E-state index in [-0.39, 0.29) is 0 Å². The molecule has 0 aliphatic carbocycles. The number of anilines is 1. The molecular weight excluding hydrogens is 250 g/mol. The van der Waals surface area contributed by atoms with Crippen LogP contribution in [0, 0.1) is 6.92 Å². The van der Waals surface area contributed by atoms with Crippen LogP contribution in [0.1, 0.15) is 31.4 Å². The number of aliphatic hydroxyl groups is 1. The molecule has 1 N–H and O–H groups in total. The van der Waals surface area contributed by atoms with Gasteiger partial charge < -0.3 is 10.0 Å². The van der Waals surface area contributed by atoms with Crippen LogP contribution in [-0.4, -0.2) is 53.3 Å². The monoisotopic (exact) mass is 275 g/mol. The first kappa shape index (κ1) is 13.8. The van der Waals surface area contributed by atoms with E-state index in [0.717, 1.165) is 37.6 Å². The predicted molar refractivity (Wildman–Crippen MR) is 81.0 cm³/mol. The van der Waals surface area contributed by atoms with E-state index in [1.54, 1.807) is 0 Å². The van der Waals surface area contributed by atoms with Crippen LogP contribution in [0.3, 0.4) is 0 Å². The number of aromatic nitrogens is 1. The highest BCUT2D eigenvalue weighted by molar-refractivity contribution is 5.41. The molecule has 2 atom stereocenters. The van der Waals surface area contributed by atoms with Crippen LogP contribution in [0.4, 0.5) is 5.82 Å². The van der Waals surface area contributed by atoms with Gasteiger partial charge in [0.1, 0.15) is 5.82 Å². The lowest BCUT2D eigenvalue weighted by Gasteiger charge is -2.32. The molecule has 0 spiro atoms. The molecule has 0 unspecified atom stereocenters. The van der Waals surface area contributed by atoms with E-state index in [9.17, 15) is 5.11 Å². The molecule has 1 aromatic rings. The fourth-order valence-corrected chi connectivity index (χ4v) is 3.63. The molecule has 2 fully saturated rings. The van der Waals surface area contributed by atoms with Crippen molar-refractivity contribution in [1.29, 1.82) is 0 Å². The molecule has 0 amide bonds. The maximum Gasteiger partial charge on any atom is 0.129 e. The molecule has 3 rings (SSSR count). The van der Waals surface area contributed by atoms with Crippen molar-refractivity contribution in [3.8, 4) is 0 Å². The van der Waals surface area contributed by atoms with Crippen LogP contribution in [0.2, 0.25) is 0 Å². The Kier molecular flexibility index (Phi) is 4.22. The van der Waals surface area contributed by atoms with Crippen LogP contribution in [-0.2, 0) is 0 Å². The van der Waals surface area contributed by atoms with Gasteiger partial charge in [0.2, 0.25) is 0 Å². The van der Waals surface area contributed by atoms with E-state index in [4.69, 9.17) is 0 Å². The van der Waals surface area contributed by atoms with E-state index < -0.39 is 0 Å². The molecule has 0 aromatic carbocycles. The Hall–Kier alpha value is -1.13. The maximum atomic E-state index is 9.46. The van der Waals surface area contributed by atoms with Gasteiger partial charge in [0, 0.05) is 30.9 Å². The number of rotatable bonds is 4. The Balaban J connectivity index is 1.69. The van der Waals surface area contributed by atoms with Crippen molar-refractivity contribution in [2.24, 2.45) is 0 Å². The molecule has 0 bridgehead atoms. The third-order valence-electron chi connectivity index (χ3n) is 4.70. The zero-order valence-corrected chi connectivity index (χ0v) is 12.3. The highest BCUT2D eigenvalue weighted by Gasteiger charge is 2.31. The smallest absolute Gasteiger partial charge is 0.129 e. The Bertz CT molecular complexity index is 451. The van der Waals surface area contributed by atoms with Gasteiger partial charge in [-0.15, -0.1) is 0 Å². The van der Waals surface area contributed by atoms with Crippen LogP contribution in [0.25, 0.3) is 0 Å². The van der Waals surface area contributed by atoms with E-state index in [2.05, 4.69) is 39.9 Å². The number of hydrogen-bond acceptors (Lipinski definition) is 4. The van der Waals surface area contributed by atoms with Gasteiger partial charge in [0.15, 0.2) is 0 Å². The summed E-state index contributed by atoms with van der Waals surface area (Å²) in [4.78, 5) is 9.61. The van der Waals surface area contributed by atoms with Gasteiger partial charge in [-0.25, -0.2) is 4.98 Å². The third-order valence-corrected chi connectivity index (χ3v) is 4.70. The molecule has 3 heterocycles. The predicted octanol–water partition coefficient (Wildman–Crippen LogP) is 1.82. The number of aryl methyl sites for hydroxylation is 1. The first-order valence-electron chi connectivity index (χ1n) is 7.83. The van der Waals surface area contributed by atoms with Gasteiger partial charge in [0.25, 0.3) is 0 Å². The number of pyridine rings is 1. The van der Waals surface area contributed by atoms with Crippen LogP contribution in [0.5, 0.6) is 0 Å². The Labute approximate surface area is 121 Å². The fraction of sp³-hybridized carbons (Fsp3) is 0.688. The van der Waals surface area contributed by atoms with E-state index >= 15 is 0 Å². The standard InChI is InChI=1S/C16H25N3O/c1-13-5-2-8-16(17-13)19-10-4-6-14(19)11-18-9-3-7-15(18)12-20/h2,5,8,14-15,20H,3-4,6-7,9-12H2,1H3/t14-,15+/m0/s1. The largest absolute Gasteiger partial charge is 0.395 e. The van der Waals surface area contributed by atoms with Crippen molar-refractivity contribution in [3.05, 3.63) is 23.9 Å². The summed E-state index contributed by atoms with van der Waals surface area (Å²) in [6.45, 7) is 5.67. The van der Waals surface area contributed by atoms with Gasteiger partial charge in [-0.3, -0.25) is 4.90 Å². The number of hydrogen-bond donors (Lipinski definition) is 1. The van der Waals surface area contributed by atoms with Gasteiger partial charge in [-0.2, -0.15) is 0 Å². The summed E-state index contributed by atoms with van der Waals surface area (Å²) in [6.07, 6.45) is 4.86. The molecule has 4 nitrogen and oxygen atoms in total. The summed E-state index contributed by atoms with van der Waals surface area (Å²) in [5, 5.41) is 9.46. The second-order valence-electron chi connectivity index (χ2n) is 6.10. The Morgan fingerprint density at radius 1 is 1.20 bits per heavy atom. The topological polar surface area (TPSA) is 39.6 Å². The van der Waals surface area contributed by atoms with E-state index in [0.29, 0.717) is 18.7 Å². The summed E-state index contributed by atoms with van der Waals surface area (Å²) in [7, 11) is 0. The van der Waals surface area contributed by atoms with Crippen molar-refractivity contribution >= 4 is 5.82 Å². The lowest BCUT2D eigenvalue weighted by Crippen LogP contribution is -2.43. The van der Waals surface area contributed by atoms with Crippen LogP contribution < -0.4 is 4.90 Å². The zero-order valence-electron chi connectivity index (χ0n) is 12.3. The molecule has 4 heteroatoms. The number of nitrogens with zero attached hydrogens (tertiary/aromatic N) is 3. The second-order valence-corrected chi connectivity index (χ2v) is 6.10. The Morgan fingerprint density at radius 2 is 2.00 bits per heavy atom. The Morgan fingerprint density at radius 3 is 2.80 bits per heavy atom. The van der Waals surface area contributed by atoms with E-state index in [1.807, 2.05) is 0 Å². The molecule has 0 radical (unpaired) electrons. The quantitative estimate of drug-likeness (QED) is 0.910. The molecule has 110 valence electrons. The summed E-state index contributed by atoms with van der Waals surface area (Å²) >= 11 is 0. The third kappa shape index (κ3) is 2.81. The van der Waals surface area contributed by atoms with Crippen molar-refractivity contribution in [3.63, 3.8) is 0 Å². The second kappa shape index (κ2) is 6.10. The van der Waals surface area contributed by atoms with Crippen molar-refractivity contribution in [1.82, 2.24) is 9.88 Å². The molecule has 2 aliphatic rings. The fourth-order valence-electron chi connectivity index (χ4n) is 3.63. The molecule has 0 saturated carbocycles. The number of aliphatic hydroxyl groups excluding tert-OH is 1. The van der Waals surface area contributed by atoms with Crippen molar-refractivity contribution in [2.45, 2.75) is 44.7 Å². The minimum absolute atomic E-state index is 0.301. The van der Waals surface area contributed by atoms with Gasteiger partial charge in [-0.05, 0) is 51.3 Å². The summed E-state index contributed by atoms with van der Waals surface area (Å²) in [5.41, 5.74) is 1.09. The number of likely N-dealkylation sites (tertiary alicyclic amines) is 1. The lowest BCUT2D eigenvalue weighted by atomic mass is 10.2. The highest BCUT2D eigenvalue weighted by atomic mass is 16.3. The first-order chi connectivity index (χ1) is 9.78. The molecular formula is C16H25N3O. The molecule has 1 aromatic heterocycles. The van der Waals surface area contributed by atoms with E-state index in [1.165, 1.54) is 19.3 Å². The first-order valence-corrected chi connectivity index (χ1v) is 7.83.